The van der Waals surface area contributed by atoms with Crippen LogP contribution in [0.3, 0.4) is 0 Å². The zero-order chi connectivity index (χ0) is 15.9. The highest BCUT2D eigenvalue weighted by molar-refractivity contribution is 7.09. The van der Waals surface area contributed by atoms with Gasteiger partial charge in [0.2, 0.25) is 5.91 Å². The van der Waals surface area contributed by atoms with Gasteiger partial charge in [-0.25, -0.2) is 4.98 Å². The summed E-state index contributed by atoms with van der Waals surface area (Å²) in [5.74, 6) is 0.592. The van der Waals surface area contributed by atoms with E-state index >= 15 is 0 Å². The number of carbonyl (C=O) groups is 1. The number of nitrogens with zero attached hydrogens (tertiary/aromatic N) is 3. The zero-order valence-corrected chi connectivity index (χ0v) is 14.1. The number of rotatable bonds is 3. The Hall–Kier alpha value is -1.72. The molecular weight excluding hydrogens is 306 g/mol. The minimum atomic E-state index is -0.257. The number of amides is 1. The van der Waals surface area contributed by atoms with E-state index in [1.165, 1.54) is 5.56 Å². The Balaban J connectivity index is 1.66. The van der Waals surface area contributed by atoms with Crippen LogP contribution in [0.5, 0.6) is 0 Å². The second kappa shape index (κ2) is 5.73. The number of thiazole rings is 1. The SMILES string of the molecule is CN1CC[C@@]2(CN(Cc3nccs3)C[C@@H]2c2ccccc2)C1=O. The van der Waals surface area contributed by atoms with Gasteiger partial charge in [0, 0.05) is 44.2 Å². The molecule has 0 aliphatic carbocycles. The first-order valence-electron chi connectivity index (χ1n) is 8.10. The van der Waals surface area contributed by atoms with Crippen LogP contribution in [-0.2, 0) is 11.3 Å². The molecule has 0 bridgehead atoms. The largest absolute Gasteiger partial charge is 0.345 e. The fraction of sp³-hybridized carbons (Fsp3) is 0.444. The first-order chi connectivity index (χ1) is 11.2. The van der Waals surface area contributed by atoms with Crippen molar-refractivity contribution in [3.63, 3.8) is 0 Å². The molecule has 2 aromatic rings. The van der Waals surface area contributed by atoms with Gasteiger partial charge in [0.1, 0.15) is 5.01 Å². The van der Waals surface area contributed by atoms with Gasteiger partial charge in [0.15, 0.2) is 0 Å². The minimum Gasteiger partial charge on any atom is -0.345 e. The van der Waals surface area contributed by atoms with Crippen molar-refractivity contribution in [2.75, 3.05) is 26.7 Å². The van der Waals surface area contributed by atoms with Crippen molar-refractivity contribution in [1.82, 2.24) is 14.8 Å². The molecule has 2 aliphatic heterocycles. The van der Waals surface area contributed by atoms with E-state index in [1.54, 1.807) is 11.3 Å². The minimum absolute atomic E-state index is 0.257. The van der Waals surface area contributed by atoms with Gasteiger partial charge in [0.05, 0.1) is 12.0 Å². The maximum absolute atomic E-state index is 12.9. The molecule has 3 heterocycles. The first-order valence-corrected chi connectivity index (χ1v) is 8.98. The van der Waals surface area contributed by atoms with E-state index in [0.717, 1.165) is 37.6 Å². The third-order valence-corrected chi connectivity index (χ3v) is 6.09. The van der Waals surface area contributed by atoms with Crippen LogP contribution in [0.25, 0.3) is 0 Å². The normalized spacial score (nSPS) is 28.1. The lowest BCUT2D eigenvalue weighted by atomic mass is 9.73. The highest BCUT2D eigenvalue weighted by atomic mass is 32.1. The summed E-state index contributed by atoms with van der Waals surface area (Å²) in [6.45, 7) is 3.49. The maximum atomic E-state index is 12.9. The molecule has 120 valence electrons. The lowest BCUT2D eigenvalue weighted by Gasteiger charge is -2.28. The smallest absolute Gasteiger partial charge is 0.230 e. The fourth-order valence-electron chi connectivity index (χ4n) is 4.19. The molecule has 23 heavy (non-hydrogen) atoms. The van der Waals surface area contributed by atoms with Gasteiger partial charge in [-0.1, -0.05) is 30.3 Å². The molecule has 0 N–H and O–H groups in total. The standard InChI is InChI=1S/C18H21N3OS/c1-20-9-7-18(17(20)22)13-21(12-16-19-8-10-23-16)11-15(18)14-5-3-2-4-6-14/h2-6,8,10,15H,7,9,11-13H2,1H3/t15-,18+/m1/s1. The van der Waals surface area contributed by atoms with E-state index in [2.05, 4.69) is 34.1 Å². The average Bonchev–Trinajstić information content (AvgIpc) is 3.27. The van der Waals surface area contributed by atoms with Gasteiger partial charge >= 0.3 is 0 Å². The summed E-state index contributed by atoms with van der Waals surface area (Å²) in [6, 6.07) is 10.5. The molecule has 2 aliphatic rings. The fourth-order valence-corrected chi connectivity index (χ4v) is 4.84. The molecule has 0 radical (unpaired) electrons. The van der Waals surface area contributed by atoms with Crippen LogP contribution in [-0.4, -0.2) is 47.4 Å². The Labute approximate surface area is 140 Å². The Morgan fingerprint density at radius 1 is 1.35 bits per heavy atom. The third kappa shape index (κ3) is 2.48. The zero-order valence-electron chi connectivity index (χ0n) is 13.3. The molecule has 1 spiro atoms. The molecule has 5 heteroatoms. The van der Waals surface area contributed by atoms with E-state index in [0.29, 0.717) is 5.91 Å². The molecule has 4 nitrogen and oxygen atoms in total. The molecule has 2 atom stereocenters. The molecule has 2 fully saturated rings. The van der Waals surface area contributed by atoms with Gasteiger partial charge in [-0.3, -0.25) is 9.69 Å². The van der Waals surface area contributed by atoms with Crippen LogP contribution in [0.4, 0.5) is 0 Å². The number of benzene rings is 1. The summed E-state index contributed by atoms with van der Waals surface area (Å²) in [6.07, 6.45) is 2.81. The maximum Gasteiger partial charge on any atom is 0.230 e. The summed E-state index contributed by atoms with van der Waals surface area (Å²) in [5, 5.41) is 3.15. The summed E-state index contributed by atoms with van der Waals surface area (Å²) in [5.41, 5.74) is 1.03. The summed E-state index contributed by atoms with van der Waals surface area (Å²) in [4.78, 5) is 21.7. The summed E-state index contributed by atoms with van der Waals surface area (Å²) in [7, 11) is 1.93. The molecule has 4 rings (SSSR count). The van der Waals surface area contributed by atoms with E-state index in [1.807, 2.05) is 29.6 Å². The topological polar surface area (TPSA) is 36.4 Å². The quantitative estimate of drug-likeness (QED) is 0.869. The van der Waals surface area contributed by atoms with E-state index < -0.39 is 0 Å². The third-order valence-electron chi connectivity index (χ3n) is 5.32. The second-order valence-corrected chi connectivity index (χ2v) is 7.67. The van der Waals surface area contributed by atoms with Gasteiger partial charge in [0.25, 0.3) is 0 Å². The van der Waals surface area contributed by atoms with E-state index in [4.69, 9.17) is 0 Å². The van der Waals surface area contributed by atoms with Crippen molar-refractivity contribution in [3.05, 3.63) is 52.5 Å². The van der Waals surface area contributed by atoms with Crippen LogP contribution < -0.4 is 0 Å². The second-order valence-electron chi connectivity index (χ2n) is 6.69. The van der Waals surface area contributed by atoms with Crippen LogP contribution in [0, 0.1) is 5.41 Å². The van der Waals surface area contributed by atoms with E-state index in [9.17, 15) is 4.79 Å². The number of aromatic nitrogens is 1. The number of carbonyl (C=O) groups excluding carboxylic acids is 1. The summed E-state index contributed by atoms with van der Waals surface area (Å²) < 4.78 is 0. The van der Waals surface area contributed by atoms with Gasteiger partial charge in [-0.05, 0) is 12.0 Å². The average molecular weight is 327 g/mol. The van der Waals surface area contributed by atoms with Gasteiger partial charge < -0.3 is 4.90 Å². The number of hydrogen-bond donors (Lipinski definition) is 0. The molecule has 0 unspecified atom stereocenters. The van der Waals surface area contributed by atoms with Crippen LogP contribution in [0.15, 0.2) is 41.9 Å². The van der Waals surface area contributed by atoms with Crippen molar-refractivity contribution in [2.45, 2.75) is 18.9 Å². The van der Waals surface area contributed by atoms with Crippen LogP contribution >= 0.6 is 11.3 Å². The Kier molecular flexibility index (Phi) is 3.70. The van der Waals surface area contributed by atoms with Crippen LogP contribution in [0.1, 0.15) is 22.9 Å². The highest BCUT2D eigenvalue weighted by Gasteiger charge is 2.56. The lowest BCUT2D eigenvalue weighted by Crippen LogP contribution is -2.38. The Morgan fingerprint density at radius 3 is 2.83 bits per heavy atom. The highest BCUT2D eigenvalue weighted by Crippen LogP contribution is 2.49. The molecule has 1 aromatic heterocycles. The molecule has 0 saturated carbocycles. The Bertz CT molecular complexity index is 688. The molecule has 1 aromatic carbocycles. The van der Waals surface area contributed by atoms with Gasteiger partial charge in [-0.15, -0.1) is 11.3 Å². The van der Waals surface area contributed by atoms with Crippen molar-refractivity contribution < 1.29 is 4.79 Å². The predicted octanol–water partition coefficient (Wildman–Crippen LogP) is 2.59. The summed E-state index contributed by atoms with van der Waals surface area (Å²) >= 11 is 1.69. The van der Waals surface area contributed by atoms with Gasteiger partial charge in [-0.2, -0.15) is 0 Å². The Morgan fingerprint density at radius 2 is 2.17 bits per heavy atom. The predicted molar refractivity (Wildman–Crippen MR) is 91.3 cm³/mol. The first kappa shape index (κ1) is 14.8. The van der Waals surface area contributed by atoms with Crippen molar-refractivity contribution in [1.29, 1.82) is 0 Å². The molecule has 1 amide bonds. The lowest BCUT2D eigenvalue weighted by molar-refractivity contribution is -0.135. The molecular formula is C18H21N3OS. The number of hydrogen-bond acceptors (Lipinski definition) is 4. The molecule has 2 saturated heterocycles. The monoisotopic (exact) mass is 327 g/mol. The van der Waals surface area contributed by atoms with E-state index in [-0.39, 0.29) is 11.3 Å². The van der Waals surface area contributed by atoms with Crippen LogP contribution in [0.2, 0.25) is 0 Å². The number of likely N-dealkylation sites (tertiary alicyclic amines) is 2. The van der Waals surface area contributed by atoms with Crippen molar-refractivity contribution in [2.24, 2.45) is 5.41 Å². The van der Waals surface area contributed by atoms with Crippen molar-refractivity contribution >= 4 is 17.2 Å². The van der Waals surface area contributed by atoms with Crippen molar-refractivity contribution in [3.8, 4) is 0 Å².